The molecule has 47 heavy (non-hydrogen) atoms. The zero-order valence-corrected chi connectivity index (χ0v) is 27.0. The van der Waals surface area contributed by atoms with Crippen LogP contribution >= 0.6 is 0 Å². The summed E-state index contributed by atoms with van der Waals surface area (Å²) in [6, 6.07) is 29.3. The van der Waals surface area contributed by atoms with Crippen molar-refractivity contribution in [2.24, 2.45) is 11.8 Å². The summed E-state index contributed by atoms with van der Waals surface area (Å²) in [7, 11) is 0. The van der Waals surface area contributed by atoms with Gasteiger partial charge in [-0.15, -0.1) is 0 Å². The first-order chi connectivity index (χ1) is 22.9. The number of hydrogen-bond acceptors (Lipinski definition) is 10. The molecule has 3 aromatic rings. The quantitative estimate of drug-likeness (QED) is 0.287. The monoisotopic (exact) mass is 648 g/mol. The highest BCUT2D eigenvalue weighted by Gasteiger charge is 2.54. The molecule has 3 aromatic carbocycles. The van der Waals surface area contributed by atoms with Crippen molar-refractivity contribution in [3.63, 3.8) is 0 Å². The molecular formula is C37H44O10. The van der Waals surface area contributed by atoms with E-state index < -0.39 is 61.5 Å². The van der Waals surface area contributed by atoms with E-state index in [1.807, 2.05) is 91.0 Å². The van der Waals surface area contributed by atoms with Gasteiger partial charge < -0.3 is 43.0 Å². The molecule has 10 nitrogen and oxygen atoms in total. The minimum absolute atomic E-state index is 0.0736. The molecule has 6 rings (SSSR count). The van der Waals surface area contributed by atoms with Crippen LogP contribution < -0.4 is 0 Å². The van der Waals surface area contributed by atoms with Gasteiger partial charge in [-0.3, -0.25) is 4.79 Å². The van der Waals surface area contributed by atoms with Gasteiger partial charge in [0.2, 0.25) is 0 Å². The Balaban J connectivity index is 1.18. The van der Waals surface area contributed by atoms with Crippen LogP contribution in [0.5, 0.6) is 0 Å². The zero-order chi connectivity index (χ0) is 32.8. The van der Waals surface area contributed by atoms with Crippen LogP contribution in [0.3, 0.4) is 0 Å². The first-order valence-electron chi connectivity index (χ1n) is 16.3. The normalized spacial score (nSPS) is 33.9. The lowest BCUT2D eigenvalue weighted by molar-refractivity contribution is -0.381. The standard InChI is InChI=1S/C37H44O10/c1-23-24(2)35(41-20-27-15-9-5-10-16-27)44-29(21-40-19-26-13-7-4-8-14-26)32(23)46-37-34(43-25(3)38)31(39)33-30(45-37)22-42-36(47-33)28-17-11-6-12-18-28/h4-18,23-24,29-37,39H,19-22H2,1-3H3/t23-,24?,29?,30?,31+,32+,33-,34?,35-,36?,37+/m1/s1. The number of aliphatic hydroxyl groups is 1. The van der Waals surface area contributed by atoms with Gasteiger partial charge in [0.05, 0.1) is 32.5 Å². The van der Waals surface area contributed by atoms with Crippen LogP contribution in [0.4, 0.5) is 0 Å². The zero-order valence-electron chi connectivity index (χ0n) is 27.0. The Morgan fingerprint density at radius 3 is 2.09 bits per heavy atom. The second-order valence-electron chi connectivity index (χ2n) is 12.4. The third-order valence-electron chi connectivity index (χ3n) is 9.08. The van der Waals surface area contributed by atoms with Gasteiger partial charge in [0, 0.05) is 18.4 Å². The van der Waals surface area contributed by atoms with Gasteiger partial charge in [-0.05, 0) is 17.0 Å². The van der Waals surface area contributed by atoms with Crippen molar-refractivity contribution in [2.75, 3.05) is 13.2 Å². The molecule has 0 amide bonds. The molecule has 1 N–H and O–H groups in total. The van der Waals surface area contributed by atoms with Crippen molar-refractivity contribution in [1.29, 1.82) is 0 Å². The maximum absolute atomic E-state index is 12.3. The summed E-state index contributed by atoms with van der Waals surface area (Å²) in [4.78, 5) is 12.3. The molecule has 0 saturated carbocycles. The molecule has 11 atom stereocenters. The van der Waals surface area contributed by atoms with E-state index in [0.717, 1.165) is 16.7 Å². The highest BCUT2D eigenvalue weighted by atomic mass is 16.8. The van der Waals surface area contributed by atoms with E-state index in [1.54, 1.807) is 0 Å². The molecule has 3 saturated heterocycles. The highest BCUT2D eigenvalue weighted by molar-refractivity contribution is 5.66. The summed E-state index contributed by atoms with van der Waals surface area (Å²) in [5, 5.41) is 11.6. The Hall–Kier alpha value is -3.19. The molecule has 0 spiro atoms. The number of ether oxygens (including phenoxy) is 8. The fourth-order valence-corrected chi connectivity index (χ4v) is 6.34. The first kappa shape index (κ1) is 33.7. The van der Waals surface area contributed by atoms with Crippen molar-refractivity contribution >= 4 is 5.97 Å². The Morgan fingerprint density at radius 2 is 1.43 bits per heavy atom. The molecule has 252 valence electrons. The largest absolute Gasteiger partial charge is 0.454 e. The van der Waals surface area contributed by atoms with E-state index in [-0.39, 0.29) is 25.0 Å². The molecular weight excluding hydrogens is 604 g/mol. The highest BCUT2D eigenvalue weighted by Crippen LogP contribution is 2.39. The SMILES string of the molecule is CC(=O)OC1[C@H](O[C@@H]2C(COCc3ccccc3)O[C@@H](OCc3ccccc3)C(C)[C@H]2C)OC2COC(c3ccccc3)O[C@H]2[C@@H]1O. The summed E-state index contributed by atoms with van der Waals surface area (Å²) in [6.07, 6.45) is -7.28. The molecule has 0 bridgehead atoms. The van der Waals surface area contributed by atoms with E-state index in [2.05, 4.69) is 13.8 Å². The van der Waals surface area contributed by atoms with Gasteiger partial charge in [-0.1, -0.05) is 105 Å². The predicted octanol–water partition coefficient (Wildman–Crippen LogP) is 4.93. The van der Waals surface area contributed by atoms with E-state index in [9.17, 15) is 9.90 Å². The van der Waals surface area contributed by atoms with Crippen LogP contribution in [-0.4, -0.2) is 73.5 Å². The van der Waals surface area contributed by atoms with Gasteiger partial charge >= 0.3 is 5.97 Å². The fourth-order valence-electron chi connectivity index (χ4n) is 6.34. The second kappa shape index (κ2) is 15.8. The van der Waals surface area contributed by atoms with Gasteiger partial charge in [-0.2, -0.15) is 0 Å². The average molecular weight is 649 g/mol. The number of benzene rings is 3. The minimum atomic E-state index is -1.23. The molecule has 0 aromatic heterocycles. The third-order valence-corrected chi connectivity index (χ3v) is 9.08. The number of carbonyl (C=O) groups excluding carboxylic acids is 1. The van der Waals surface area contributed by atoms with E-state index in [0.29, 0.717) is 13.2 Å². The molecule has 3 aliphatic rings. The van der Waals surface area contributed by atoms with Crippen molar-refractivity contribution in [1.82, 2.24) is 0 Å². The van der Waals surface area contributed by atoms with Gasteiger partial charge in [0.15, 0.2) is 25.0 Å². The van der Waals surface area contributed by atoms with E-state index >= 15 is 0 Å². The van der Waals surface area contributed by atoms with Crippen molar-refractivity contribution < 1.29 is 47.8 Å². The molecule has 3 fully saturated rings. The van der Waals surface area contributed by atoms with Crippen LogP contribution in [0.15, 0.2) is 91.0 Å². The van der Waals surface area contributed by atoms with Crippen LogP contribution in [-0.2, 0) is 55.9 Å². The van der Waals surface area contributed by atoms with Crippen LogP contribution in [0.25, 0.3) is 0 Å². The molecule has 0 radical (unpaired) electrons. The maximum Gasteiger partial charge on any atom is 0.303 e. The molecule has 0 aliphatic carbocycles. The van der Waals surface area contributed by atoms with Crippen LogP contribution in [0, 0.1) is 11.8 Å². The van der Waals surface area contributed by atoms with E-state index in [4.69, 9.17) is 37.9 Å². The summed E-state index contributed by atoms with van der Waals surface area (Å²) >= 11 is 0. The maximum atomic E-state index is 12.3. The fraction of sp³-hybridized carbons (Fsp3) is 0.486. The number of fused-ring (bicyclic) bond motifs is 1. The first-order valence-corrected chi connectivity index (χ1v) is 16.3. The number of esters is 1. The summed E-state index contributed by atoms with van der Waals surface area (Å²) in [5.74, 6) is -0.738. The Bertz CT molecular complexity index is 1390. The number of rotatable bonds is 11. The van der Waals surface area contributed by atoms with Crippen LogP contribution in [0.1, 0.15) is 43.8 Å². The predicted molar refractivity (Wildman–Crippen MR) is 169 cm³/mol. The lowest BCUT2D eigenvalue weighted by Gasteiger charge is -2.50. The number of hydrogen-bond donors (Lipinski definition) is 1. The molecule has 5 unspecified atom stereocenters. The summed E-state index contributed by atoms with van der Waals surface area (Å²) < 4.78 is 49.8. The topological polar surface area (TPSA) is 111 Å². The van der Waals surface area contributed by atoms with Crippen molar-refractivity contribution in [3.8, 4) is 0 Å². The molecule has 10 heteroatoms. The smallest absolute Gasteiger partial charge is 0.303 e. The summed E-state index contributed by atoms with van der Waals surface area (Å²) in [5.41, 5.74) is 2.89. The Morgan fingerprint density at radius 1 is 0.787 bits per heavy atom. The average Bonchev–Trinajstić information content (AvgIpc) is 3.10. The number of aliphatic hydroxyl groups excluding tert-OH is 1. The third kappa shape index (κ3) is 8.28. The van der Waals surface area contributed by atoms with Crippen LogP contribution in [0.2, 0.25) is 0 Å². The van der Waals surface area contributed by atoms with E-state index in [1.165, 1.54) is 6.92 Å². The van der Waals surface area contributed by atoms with Gasteiger partial charge in [0.25, 0.3) is 0 Å². The molecule has 3 aliphatic heterocycles. The second-order valence-corrected chi connectivity index (χ2v) is 12.4. The minimum Gasteiger partial charge on any atom is -0.454 e. The lowest BCUT2D eigenvalue weighted by atomic mass is 9.84. The van der Waals surface area contributed by atoms with Crippen molar-refractivity contribution in [3.05, 3.63) is 108 Å². The van der Waals surface area contributed by atoms with Gasteiger partial charge in [0.1, 0.15) is 24.4 Å². The Labute approximate surface area is 275 Å². The lowest BCUT2D eigenvalue weighted by Crippen LogP contribution is -2.65. The Kier molecular flexibility index (Phi) is 11.3. The summed E-state index contributed by atoms with van der Waals surface area (Å²) in [6.45, 7) is 6.57. The van der Waals surface area contributed by atoms with Crippen molar-refractivity contribution in [2.45, 2.75) is 89.5 Å². The molecule has 3 heterocycles. The van der Waals surface area contributed by atoms with Gasteiger partial charge in [-0.25, -0.2) is 0 Å². The number of carbonyl (C=O) groups is 1.